The zero-order chi connectivity index (χ0) is 15.0. The first-order valence-corrected chi connectivity index (χ1v) is 8.39. The predicted octanol–water partition coefficient (Wildman–Crippen LogP) is 3.37. The highest BCUT2D eigenvalue weighted by Crippen LogP contribution is 2.31. The molecule has 0 aliphatic carbocycles. The topological polar surface area (TPSA) is 47.0 Å². The van der Waals surface area contributed by atoms with Crippen LogP contribution in [-0.4, -0.2) is 19.7 Å². The van der Waals surface area contributed by atoms with E-state index in [-0.39, 0.29) is 5.75 Å². The van der Waals surface area contributed by atoms with Crippen LogP contribution in [0.4, 0.5) is 13.2 Å². The fraction of sp³-hybridized carbons (Fsp3) is 0.250. The molecule has 8 heteroatoms. The number of hydrogen-bond acceptors (Lipinski definition) is 4. The van der Waals surface area contributed by atoms with Crippen molar-refractivity contribution < 1.29 is 21.6 Å². The summed E-state index contributed by atoms with van der Waals surface area (Å²) in [4.78, 5) is 4.12. The van der Waals surface area contributed by atoms with Crippen LogP contribution in [0.5, 0.6) is 0 Å². The van der Waals surface area contributed by atoms with Gasteiger partial charge in [0.05, 0.1) is 11.3 Å². The number of aromatic nitrogens is 1. The lowest BCUT2D eigenvalue weighted by Crippen LogP contribution is -2.04. The Morgan fingerprint density at radius 1 is 1.20 bits per heavy atom. The molecule has 3 nitrogen and oxygen atoms in total. The average molecular weight is 321 g/mol. The van der Waals surface area contributed by atoms with Gasteiger partial charge in [-0.15, -0.1) is 11.3 Å². The molecule has 1 aromatic carbocycles. The maximum Gasteiger partial charge on any atom is 0.416 e. The molecule has 2 aromatic rings. The minimum atomic E-state index is -4.37. The van der Waals surface area contributed by atoms with Crippen LogP contribution in [0.1, 0.15) is 10.6 Å². The van der Waals surface area contributed by atoms with Crippen molar-refractivity contribution in [2.75, 3.05) is 6.26 Å². The van der Waals surface area contributed by atoms with E-state index in [1.54, 1.807) is 5.38 Å². The summed E-state index contributed by atoms with van der Waals surface area (Å²) in [6, 6.07) is 4.60. The second-order valence-corrected chi connectivity index (χ2v) is 7.35. The number of benzene rings is 1. The molecule has 108 valence electrons. The number of rotatable bonds is 3. The van der Waals surface area contributed by atoms with Crippen LogP contribution in [0, 0.1) is 0 Å². The molecule has 0 saturated heterocycles. The van der Waals surface area contributed by atoms with Crippen LogP contribution >= 0.6 is 11.3 Å². The third kappa shape index (κ3) is 3.80. The molecule has 0 aliphatic rings. The van der Waals surface area contributed by atoms with Gasteiger partial charge in [0.15, 0.2) is 9.84 Å². The maximum atomic E-state index is 12.4. The molecule has 0 fully saturated rings. The maximum absolute atomic E-state index is 12.4. The average Bonchev–Trinajstić information content (AvgIpc) is 2.74. The molecule has 20 heavy (non-hydrogen) atoms. The second-order valence-electron chi connectivity index (χ2n) is 4.27. The summed E-state index contributed by atoms with van der Waals surface area (Å²) in [7, 11) is -3.17. The molecule has 0 aliphatic heterocycles. The van der Waals surface area contributed by atoms with Crippen molar-refractivity contribution in [3.05, 3.63) is 40.2 Å². The van der Waals surface area contributed by atoms with Gasteiger partial charge >= 0.3 is 6.18 Å². The Labute approximate surface area is 118 Å². The van der Waals surface area contributed by atoms with E-state index in [1.807, 2.05) is 0 Å². The van der Waals surface area contributed by atoms with Gasteiger partial charge in [-0.3, -0.25) is 0 Å². The van der Waals surface area contributed by atoms with Gasteiger partial charge in [0.25, 0.3) is 0 Å². The van der Waals surface area contributed by atoms with Gasteiger partial charge in [0.1, 0.15) is 10.8 Å². The Hall–Kier alpha value is -1.41. The molecule has 0 amide bonds. The highest BCUT2D eigenvalue weighted by Gasteiger charge is 2.30. The Bertz CT molecular complexity index is 703. The van der Waals surface area contributed by atoms with Crippen molar-refractivity contribution in [2.45, 2.75) is 11.9 Å². The molecule has 0 spiro atoms. The minimum absolute atomic E-state index is 0.168. The molecule has 0 bridgehead atoms. The summed E-state index contributed by atoms with van der Waals surface area (Å²) >= 11 is 1.17. The fourth-order valence-electron chi connectivity index (χ4n) is 1.56. The molecular weight excluding hydrogens is 311 g/mol. The predicted molar refractivity (Wildman–Crippen MR) is 71.1 cm³/mol. The number of sulfone groups is 1. The number of thiazole rings is 1. The SMILES string of the molecule is CS(=O)(=O)Cc1nc(-c2ccc(C(F)(F)F)cc2)cs1. The van der Waals surface area contributed by atoms with E-state index in [0.717, 1.165) is 18.4 Å². The van der Waals surface area contributed by atoms with Gasteiger partial charge in [0.2, 0.25) is 0 Å². The summed E-state index contributed by atoms with van der Waals surface area (Å²) in [5, 5.41) is 2.05. The molecule has 0 saturated carbocycles. The summed E-state index contributed by atoms with van der Waals surface area (Å²) in [6.07, 6.45) is -3.27. The van der Waals surface area contributed by atoms with Crippen molar-refractivity contribution in [1.82, 2.24) is 4.98 Å². The van der Waals surface area contributed by atoms with E-state index < -0.39 is 21.6 Å². The van der Waals surface area contributed by atoms with Gasteiger partial charge < -0.3 is 0 Å². The van der Waals surface area contributed by atoms with Gasteiger partial charge in [-0.2, -0.15) is 13.2 Å². The van der Waals surface area contributed by atoms with Crippen LogP contribution in [0.2, 0.25) is 0 Å². The molecule has 1 aromatic heterocycles. The zero-order valence-electron chi connectivity index (χ0n) is 10.3. The van der Waals surface area contributed by atoms with E-state index in [0.29, 0.717) is 16.3 Å². The molecule has 2 rings (SSSR count). The number of hydrogen-bond donors (Lipinski definition) is 0. The summed E-state index contributed by atoms with van der Waals surface area (Å²) in [5.41, 5.74) is 0.268. The van der Waals surface area contributed by atoms with Crippen molar-refractivity contribution in [2.24, 2.45) is 0 Å². The number of nitrogens with zero attached hydrogens (tertiary/aromatic N) is 1. The first kappa shape index (κ1) is 15.0. The molecular formula is C12H10F3NO2S2. The number of alkyl halides is 3. The lowest BCUT2D eigenvalue weighted by atomic mass is 10.1. The van der Waals surface area contributed by atoms with E-state index in [1.165, 1.54) is 23.5 Å². The molecule has 0 N–H and O–H groups in total. The highest BCUT2D eigenvalue weighted by atomic mass is 32.2. The van der Waals surface area contributed by atoms with E-state index >= 15 is 0 Å². The van der Waals surface area contributed by atoms with Gasteiger partial charge in [-0.05, 0) is 12.1 Å². The first-order valence-electron chi connectivity index (χ1n) is 5.45. The van der Waals surface area contributed by atoms with Gasteiger partial charge in [0, 0.05) is 17.2 Å². The zero-order valence-corrected chi connectivity index (χ0v) is 11.9. The van der Waals surface area contributed by atoms with Crippen molar-refractivity contribution in [3.63, 3.8) is 0 Å². The summed E-state index contributed by atoms with van der Waals surface area (Å²) in [5.74, 6) is -0.168. The quantitative estimate of drug-likeness (QED) is 0.871. The Morgan fingerprint density at radius 3 is 2.30 bits per heavy atom. The minimum Gasteiger partial charge on any atom is -0.240 e. The lowest BCUT2D eigenvalue weighted by Gasteiger charge is -2.06. The Morgan fingerprint density at radius 2 is 1.80 bits per heavy atom. The largest absolute Gasteiger partial charge is 0.416 e. The van der Waals surface area contributed by atoms with E-state index in [2.05, 4.69) is 4.98 Å². The lowest BCUT2D eigenvalue weighted by molar-refractivity contribution is -0.137. The third-order valence-corrected chi connectivity index (χ3v) is 4.27. The van der Waals surface area contributed by atoms with E-state index in [9.17, 15) is 21.6 Å². The van der Waals surface area contributed by atoms with Crippen LogP contribution < -0.4 is 0 Å². The Kier molecular flexibility index (Phi) is 3.88. The normalized spacial score (nSPS) is 12.6. The second kappa shape index (κ2) is 5.17. The van der Waals surface area contributed by atoms with Gasteiger partial charge in [-0.1, -0.05) is 12.1 Å². The standard InChI is InChI=1S/C12H10F3NO2S2/c1-20(17,18)7-11-16-10(6-19-11)8-2-4-9(5-3-8)12(13,14)15/h2-6H,7H2,1H3. The summed E-state index contributed by atoms with van der Waals surface area (Å²) < 4.78 is 59.6. The molecule has 1 heterocycles. The molecule has 0 radical (unpaired) electrons. The van der Waals surface area contributed by atoms with Crippen molar-refractivity contribution >= 4 is 21.2 Å². The van der Waals surface area contributed by atoms with Gasteiger partial charge in [-0.25, -0.2) is 13.4 Å². The van der Waals surface area contributed by atoms with Crippen molar-refractivity contribution in [3.8, 4) is 11.3 Å². The highest BCUT2D eigenvalue weighted by molar-refractivity contribution is 7.90. The molecule has 0 atom stereocenters. The molecule has 0 unspecified atom stereocenters. The van der Waals surface area contributed by atoms with E-state index in [4.69, 9.17) is 0 Å². The first-order chi connectivity index (χ1) is 9.15. The fourth-order valence-corrected chi connectivity index (χ4v) is 3.58. The van der Waals surface area contributed by atoms with Crippen molar-refractivity contribution in [1.29, 1.82) is 0 Å². The summed E-state index contributed by atoms with van der Waals surface area (Å²) in [6.45, 7) is 0. The van der Waals surface area contributed by atoms with Crippen LogP contribution in [-0.2, 0) is 21.8 Å². The van der Waals surface area contributed by atoms with Crippen LogP contribution in [0.3, 0.4) is 0 Å². The third-order valence-electron chi connectivity index (χ3n) is 2.45. The monoisotopic (exact) mass is 321 g/mol. The van der Waals surface area contributed by atoms with Crippen LogP contribution in [0.25, 0.3) is 11.3 Å². The number of halogens is 3. The van der Waals surface area contributed by atoms with Crippen LogP contribution in [0.15, 0.2) is 29.6 Å². The Balaban J connectivity index is 2.25. The smallest absolute Gasteiger partial charge is 0.240 e.